The van der Waals surface area contributed by atoms with Gasteiger partial charge < -0.3 is 4.57 Å². The van der Waals surface area contributed by atoms with Crippen molar-refractivity contribution in [2.24, 2.45) is 0 Å². The molecule has 0 aliphatic carbocycles. The van der Waals surface area contributed by atoms with Gasteiger partial charge in [0.1, 0.15) is 0 Å². The molecule has 0 radical (unpaired) electrons. The van der Waals surface area contributed by atoms with Gasteiger partial charge in [0, 0.05) is 29.0 Å². The van der Waals surface area contributed by atoms with Crippen molar-refractivity contribution in [2.75, 3.05) is 0 Å². The van der Waals surface area contributed by atoms with E-state index in [-0.39, 0.29) is 0 Å². The van der Waals surface area contributed by atoms with Gasteiger partial charge in [0.05, 0.1) is 33.6 Å². The lowest BCUT2D eigenvalue weighted by Crippen LogP contribution is -1.96. The Bertz CT molecular complexity index is 2490. The number of pyridine rings is 3. The molecular weight excluding hydrogens is 548 g/mol. The van der Waals surface area contributed by atoms with Crippen molar-refractivity contribution in [3.8, 4) is 39.5 Å². The lowest BCUT2D eigenvalue weighted by molar-refractivity contribution is 1.17. The second kappa shape index (κ2) is 10.2. The summed E-state index contributed by atoms with van der Waals surface area (Å²) in [7, 11) is 0. The van der Waals surface area contributed by atoms with Crippen molar-refractivity contribution in [1.82, 2.24) is 19.5 Å². The molecule has 45 heavy (non-hydrogen) atoms. The summed E-state index contributed by atoms with van der Waals surface area (Å²) < 4.78 is 2.30. The molecule has 4 heterocycles. The second-order valence-corrected chi connectivity index (χ2v) is 11.3. The van der Waals surface area contributed by atoms with Gasteiger partial charge in [-0.1, -0.05) is 84.9 Å². The third kappa shape index (κ3) is 4.27. The SMILES string of the molecule is c1ccc(-c2cc(-c3cccc(-n4c5ccccc5c5ncccc54)c3)cc(-c3ccc4c(ccc5ccccc54)c3)n2)nc1. The maximum Gasteiger partial charge on any atom is 0.0963 e. The predicted molar refractivity (Wildman–Crippen MR) is 185 cm³/mol. The first-order chi connectivity index (χ1) is 22.3. The molecule has 0 aliphatic heterocycles. The van der Waals surface area contributed by atoms with Gasteiger partial charge >= 0.3 is 0 Å². The van der Waals surface area contributed by atoms with Crippen molar-refractivity contribution < 1.29 is 0 Å². The van der Waals surface area contributed by atoms with Gasteiger partial charge in [0.25, 0.3) is 0 Å². The van der Waals surface area contributed by atoms with Gasteiger partial charge in [0.15, 0.2) is 0 Å². The molecule has 0 saturated carbocycles. The van der Waals surface area contributed by atoms with E-state index in [0.29, 0.717) is 0 Å². The third-order valence-electron chi connectivity index (χ3n) is 8.66. The lowest BCUT2D eigenvalue weighted by atomic mass is 9.97. The van der Waals surface area contributed by atoms with E-state index in [0.717, 1.165) is 61.4 Å². The smallest absolute Gasteiger partial charge is 0.0963 e. The standard InChI is InChI=1S/C41H26N4/c1-2-12-33-27(9-1)17-18-29-23-30(19-20-34(29)33)37-25-31(26-38(44-37)36-14-5-6-21-42-36)28-10-7-11-32(24-28)45-39-15-4-3-13-35(39)41-40(45)16-8-22-43-41/h1-26H. The highest BCUT2D eigenvalue weighted by atomic mass is 15.0. The molecule has 4 nitrogen and oxygen atoms in total. The lowest BCUT2D eigenvalue weighted by Gasteiger charge is -2.13. The number of fused-ring (bicyclic) bond motifs is 6. The Labute approximate surface area is 259 Å². The zero-order valence-corrected chi connectivity index (χ0v) is 24.3. The van der Waals surface area contributed by atoms with Crippen LogP contribution >= 0.6 is 0 Å². The molecule has 4 heteroatoms. The Morgan fingerprint density at radius 2 is 1.18 bits per heavy atom. The van der Waals surface area contributed by atoms with Crippen LogP contribution in [-0.4, -0.2) is 19.5 Å². The molecule has 210 valence electrons. The first-order valence-electron chi connectivity index (χ1n) is 15.1. The first kappa shape index (κ1) is 25.4. The summed E-state index contributed by atoms with van der Waals surface area (Å²) in [6.07, 6.45) is 3.68. The van der Waals surface area contributed by atoms with E-state index < -0.39 is 0 Å². The molecule has 9 rings (SSSR count). The molecule has 0 fully saturated rings. The Morgan fingerprint density at radius 3 is 2.11 bits per heavy atom. The van der Waals surface area contributed by atoms with Gasteiger partial charge in [0.2, 0.25) is 0 Å². The second-order valence-electron chi connectivity index (χ2n) is 11.3. The normalized spacial score (nSPS) is 11.6. The van der Waals surface area contributed by atoms with Crippen LogP contribution in [0.15, 0.2) is 158 Å². The molecule has 0 N–H and O–H groups in total. The van der Waals surface area contributed by atoms with E-state index in [1.165, 1.54) is 21.5 Å². The summed E-state index contributed by atoms with van der Waals surface area (Å²) in [6.45, 7) is 0. The van der Waals surface area contributed by atoms with Crippen LogP contribution in [0.5, 0.6) is 0 Å². The highest BCUT2D eigenvalue weighted by Gasteiger charge is 2.15. The number of benzene rings is 5. The van der Waals surface area contributed by atoms with E-state index in [9.17, 15) is 0 Å². The maximum absolute atomic E-state index is 5.15. The average Bonchev–Trinajstić information content (AvgIpc) is 3.46. The summed E-state index contributed by atoms with van der Waals surface area (Å²) in [5.74, 6) is 0. The first-order valence-corrected chi connectivity index (χ1v) is 15.1. The molecule has 9 aromatic rings. The maximum atomic E-state index is 5.15. The quantitative estimate of drug-likeness (QED) is 0.196. The molecule has 0 spiro atoms. The van der Waals surface area contributed by atoms with Gasteiger partial charge in [-0.15, -0.1) is 0 Å². The van der Waals surface area contributed by atoms with E-state index in [2.05, 4.69) is 131 Å². The monoisotopic (exact) mass is 574 g/mol. The third-order valence-corrected chi connectivity index (χ3v) is 8.66. The average molecular weight is 575 g/mol. The minimum atomic E-state index is 0.841. The van der Waals surface area contributed by atoms with E-state index in [1.807, 2.05) is 36.7 Å². The number of hydrogen-bond acceptors (Lipinski definition) is 3. The molecule has 0 saturated heterocycles. The fourth-order valence-corrected chi connectivity index (χ4v) is 6.55. The van der Waals surface area contributed by atoms with E-state index in [4.69, 9.17) is 9.97 Å². The minimum Gasteiger partial charge on any atom is -0.308 e. The minimum absolute atomic E-state index is 0.841. The molecular formula is C41H26N4. The molecule has 0 atom stereocenters. The van der Waals surface area contributed by atoms with Crippen LogP contribution in [0.4, 0.5) is 0 Å². The highest BCUT2D eigenvalue weighted by molar-refractivity contribution is 6.09. The van der Waals surface area contributed by atoms with Crippen LogP contribution in [0, 0.1) is 0 Å². The van der Waals surface area contributed by atoms with E-state index >= 15 is 0 Å². The van der Waals surface area contributed by atoms with Crippen molar-refractivity contribution in [2.45, 2.75) is 0 Å². The van der Waals surface area contributed by atoms with Gasteiger partial charge in [-0.05, 0) is 93.3 Å². The molecule has 0 amide bonds. The summed E-state index contributed by atoms with van der Waals surface area (Å²) in [5, 5.41) is 6.08. The number of para-hydroxylation sites is 1. The van der Waals surface area contributed by atoms with Crippen molar-refractivity contribution in [3.05, 3.63) is 158 Å². The molecule has 0 aliphatic rings. The fourth-order valence-electron chi connectivity index (χ4n) is 6.55. The van der Waals surface area contributed by atoms with Crippen molar-refractivity contribution in [1.29, 1.82) is 0 Å². The zero-order chi connectivity index (χ0) is 29.7. The zero-order valence-electron chi connectivity index (χ0n) is 24.3. The Hall–Kier alpha value is -6.13. The van der Waals surface area contributed by atoms with Crippen LogP contribution < -0.4 is 0 Å². The molecule has 5 aromatic carbocycles. The summed E-state index contributed by atoms with van der Waals surface area (Å²) in [5.41, 5.74) is 10.2. The molecule has 0 unspecified atom stereocenters. The van der Waals surface area contributed by atoms with Crippen molar-refractivity contribution >= 4 is 43.5 Å². The van der Waals surface area contributed by atoms with Gasteiger partial charge in [-0.25, -0.2) is 4.98 Å². The van der Waals surface area contributed by atoms with Gasteiger partial charge in [-0.3, -0.25) is 9.97 Å². The number of aromatic nitrogens is 4. The van der Waals surface area contributed by atoms with Crippen molar-refractivity contribution in [3.63, 3.8) is 0 Å². The van der Waals surface area contributed by atoms with E-state index in [1.54, 1.807) is 0 Å². The molecule has 0 bridgehead atoms. The van der Waals surface area contributed by atoms with Crippen LogP contribution in [0.25, 0.3) is 82.9 Å². The van der Waals surface area contributed by atoms with Gasteiger partial charge in [-0.2, -0.15) is 0 Å². The summed E-state index contributed by atoms with van der Waals surface area (Å²) in [4.78, 5) is 14.5. The number of nitrogens with zero attached hydrogens (tertiary/aromatic N) is 4. The number of rotatable bonds is 4. The van der Waals surface area contributed by atoms with Crippen LogP contribution in [-0.2, 0) is 0 Å². The van der Waals surface area contributed by atoms with Crippen LogP contribution in [0.3, 0.4) is 0 Å². The Kier molecular flexibility index (Phi) is 5.78. The van der Waals surface area contributed by atoms with Crippen LogP contribution in [0.2, 0.25) is 0 Å². The highest BCUT2D eigenvalue weighted by Crippen LogP contribution is 2.35. The summed E-state index contributed by atoms with van der Waals surface area (Å²) >= 11 is 0. The molecule has 4 aromatic heterocycles. The number of hydrogen-bond donors (Lipinski definition) is 0. The largest absolute Gasteiger partial charge is 0.308 e. The predicted octanol–water partition coefficient (Wildman–Crippen LogP) is 10.3. The fraction of sp³-hybridized carbons (Fsp3) is 0. The van der Waals surface area contributed by atoms with Crippen LogP contribution in [0.1, 0.15) is 0 Å². The summed E-state index contributed by atoms with van der Waals surface area (Å²) in [6, 6.07) is 51.2. The Balaban J connectivity index is 1.23. The Morgan fingerprint density at radius 1 is 0.400 bits per heavy atom. The topological polar surface area (TPSA) is 43.6 Å².